The number of anilines is 1. The van der Waals surface area contributed by atoms with E-state index in [1.807, 2.05) is 23.1 Å². The second-order valence-electron chi connectivity index (χ2n) is 10.3. The lowest BCUT2D eigenvalue weighted by Gasteiger charge is -2.41. The molecular weight excluding hydrogens is 588 g/mol. The van der Waals surface area contributed by atoms with E-state index in [1.165, 1.54) is 18.2 Å². The van der Waals surface area contributed by atoms with Crippen molar-refractivity contribution in [3.63, 3.8) is 0 Å². The summed E-state index contributed by atoms with van der Waals surface area (Å²) in [4.78, 5) is 24.8. The third kappa shape index (κ3) is 7.56. The van der Waals surface area contributed by atoms with E-state index >= 15 is 0 Å². The Hall–Kier alpha value is -3.29. The molecule has 2 atom stereocenters. The van der Waals surface area contributed by atoms with Crippen molar-refractivity contribution in [1.82, 2.24) is 4.90 Å². The molecule has 2 aromatic carbocycles. The minimum Gasteiger partial charge on any atom is -0.487 e. The quantitative estimate of drug-likeness (QED) is 0.366. The van der Waals surface area contributed by atoms with Crippen molar-refractivity contribution in [2.24, 2.45) is 0 Å². The Morgan fingerprint density at radius 2 is 1.83 bits per heavy atom. The molecular formula is C28H31ClF4N2O7. The van der Waals surface area contributed by atoms with Gasteiger partial charge in [0.05, 0.1) is 24.4 Å². The average molecular weight is 619 g/mol. The highest BCUT2D eigenvalue weighted by Gasteiger charge is 2.45. The predicted octanol–water partition coefficient (Wildman–Crippen LogP) is 4.07. The van der Waals surface area contributed by atoms with Gasteiger partial charge in [-0.1, -0.05) is 11.6 Å². The molecule has 9 nitrogen and oxygen atoms in total. The molecule has 3 heterocycles. The summed E-state index contributed by atoms with van der Waals surface area (Å²) in [6.07, 6.45) is -3.11. The summed E-state index contributed by atoms with van der Waals surface area (Å²) in [7, 11) is 0. The maximum Gasteiger partial charge on any atom is 0.490 e. The van der Waals surface area contributed by atoms with Gasteiger partial charge < -0.3 is 29.3 Å². The predicted molar refractivity (Wildman–Crippen MR) is 144 cm³/mol. The van der Waals surface area contributed by atoms with Crippen molar-refractivity contribution in [1.29, 1.82) is 0 Å². The minimum absolute atomic E-state index is 0.0910. The number of β-amino-alcohol motifs (C(OH)–C–C–N with tert-alkyl or cyclic N) is 1. The van der Waals surface area contributed by atoms with Crippen LogP contribution in [-0.4, -0.2) is 90.4 Å². The number of aliphatic carboxylic acids is 1. The molecule has 5 rings (SSSR count). The Kier molecular flexibility index (Phi) is 9.74. The summed E-state index contributed by atoms with van der Waals surface area (Å²) < 4.78 is 62.8. The number of likely N-dealkylation sites (tertiary alicyclic amines) is 1. The number of carbonyl (C=O) groups excluding carboxylic acids is 1. The lowest BCUT2D eigenvalue weighted by atomic mass is 9.86. The molecule has 1 unspecified atom stereocenters. The number of halogens is 5. The van der Waals surface area contributed by atoms with Gasteiger partial charge in [0, 0.05) is 56.5 Å². The molecule has 0 aliphatic carbocycles. The average Bonchev–Trinajstić information content (AvgIpc) is 3.48. The molecule has 0 saturated carbocycles. The first kappa shape index (κ1) is 31.6. The first-order valence-electron chi connectivity index (χ1n) is 13.3. The zero-order valence-corrected chi connectivity index (χ0v) is 23.5. The number of fused-ring (bicyclic) bond motifs is 1. The Balaban J connectivity index is 0.000000517. The number of piperidine rings is 1. The third-order valence-electron chi connectivity index (χ3n) is 7.45. The summed E-state index contributed by atoms with van der Waals surface area (Å²) in [5.74, 6) is -2.34. The normalized spacial score (nSPS) is 21.3. The van der Waals surface area contributed by atoms with Crippen LogP contribution in [0, 0.1) is 5.82 Å². The third-order valence-corrected chi connectivity index (χ3v) is 7.69. The van der Waals surface area contributed by atoms with Crippen LogP contribution in [0.3, 0.4) is 0 Å². The number of benzene rings is 2. The molecule has 14 heteroatoms. The van der Waals surface area contributed by atoms with Gasteiger partial charge in [-0.2, -0.15) is 13.2 Å². The number of alkyl halides is 3. The van der Waals surface area contributed by atoms with Crippen LogP contribution in [0.2, 0.25) is 5.02 Å². The largest absolute Gasteiger partial charge is 0.490 e. The Labute approximate surface area is 244 Å². The lowest BCUT2D eigenvalue weighted by molar-refractivity contribution is -0.192. The minimum atomic E-state index is -5.08. The lowest BCUT2D eigenvalue weighted by Crippen LogP contribution is -2.53. The maximum atomic E-state index is 14.1. The molecule has 230 valence electrons. The number of ether oxygens (including phenoxy) is 3. The highest BCUT2D eigenvalue weighted by Crippen LogP contribution is 2.43. The van der Waals surface area contributed by atoms with Gasteiger partial charge in [-0.15, -0.1) is 0 Å². The number of rotatable bonds is 6. The monoisotopic (exact) mass is 618 g/mol. The molecule has 2 N–H and O–H groups in total. The van der Waals surface area contributed by atoms with Crippen molar-refractivity contribution in [2.75, 3.05) is 44.3 Å². The topological polar surface area (TPSA) is 109 Å². The SMILES string of the molecule is CCOC(=O)COc1ccc(F)cc1N1CC(N2CCC3(CC2)Cc2cc(Cl)ccc2O3)[C@H](O)C1.O=C(O)C(F)(F)F. The molecule has 1 spiro atoms. The highest BCUT2D eigenvalue weighted by molar-refractivity contribution is 6.30. The second-order valence-corrected chi connectivity index (χ2v) is 10.7. The number of aliphatic hydroxyl groups excluding tert-OH is 1. The van der Waals surface area contributed by atoms with Crippen LogP contribution in [-0.2, 0) is 20.7 Å². The highest BCUT2D eigenvalue weighted by atomic mass is 35.5. The zero-order chi connectivity index (χ0) is 30.7. The summed E-state index contributed by atoms with van der Waals surface area (Å²) in [5.41, 5.74) is 1.46. The Morgan fingerprint density at radius 1 is 1.14 bits per heavy atom. The fourth-order valence-electron chi connectivity index (χ4n) is 5.47. The molecule has 0 amide bonds. The molecule has 2 saturated heterocycles. The molecule has 3 aliphatic heterocycles. The number of carboxylic acids is 1. The van der Waals surface area contributed by atoms with Gasteiger partial charge in [0.15, 0.2) is 6.61 Å². The van der Waals surface area contributed by atoms with Crippen LogP contribution >= 0.6 is 11.6 Å². The van der Waals surface area contributed by atoms with E-state index in [0.717, 1.165) is 48.7 Å². The van der Waals surface area contributed by atoms with Gasteiger partial charge in [-0.25, -0.2) is 14.0 Å². The number of carboxylic acid groups (broad SMARTS) is 1. The summed E-state index contributed by atoms with van der Waals surface area (Å²) in [5, 5.41) is 18.8. The molecule has 0 radical (unpaired) electrons. The van der Waals surface area contributed by atoms with Crippen molar-refractivity contribution in [3.05, 3.63) is 52.8 Å². The van der Waals surface area contributed by atoms with Crippen molar-refractivity contribution in [2.45, 2.75) is 50.1 Å². The molecule has 0 aromatic heterocycles. The van der Waals surface area contributed by atoms with E-state index in [0.29, 0.717) is 24.5 Å². The van der Waals surface area contributed by atoms with E-state index in [4.69, 9.17) is 35.7 Å². The van der Waals surface area contributed by atoms with E-state index in [1.54, 1.807) is 6.92 Å². The fourth-order valence-corrected chi connectivity index (χ4v) is 5.66. The van der Waals surface area contributed by atoms with Crippen molar-refractivity contribution < 1.29 is 51.6 Å². The van der Waals surface area contributed by atoms with E-state index < -0.39 is 30.0 Å². The Morgan fingerprint density at radius 3 is 2.48 bits per heavy atom. The number of aliphatic hydroxyl groups is 1. The first-order chi connectivity index (χ1) is 19.8. The number of carbonyl (C=O) groups is 2. The van der Waals surface area contributed by atoms with Crippen molar-refractivity contribution in [3.8, 4) is 11.5 Å². The number of hydrogen-bond acceptors (Lipinski definition) is 8. The fraction of sp³-hybridized carbons (Fsp3) is 0.500. The molecule has 42 heavy (non-hydrogen) atoms. The van der Waals surface area contributed by atoms with Gasteiger partial charge in [0.2, 0.25) is 0 Å². The molecule has 0 bridgehead atoms. The van der Waals surface area contributed by atoms with Crippen molar-refractivity contribution >= 4 is 29.2 Å². The standard InChI is InChI=1S/C26H30ClFN2O5.C2HF3O2/c1-2-33-25(32)16-34-24-6-4-19(28)12-20(24)30-14-21(22(31)15-30)29-9-7-26(8-10-29)13-17-11-18(27)3-5-23(17)35-26;3-2(4,5)1(6)7/h3-6,11-12,21-22,31H,2,7-10,13-16H2,1H3;(H,6,7)/t21?,22-;/m1./s1. The smallest absolute Gasteiger partial charge is 0.487 e. The van der Waals surface area contributed by atoms with E-state index in [9.17, 15) is 27.5 Å². The summed E-state index contributed by atoms with van der Waals surface area (Å²) in [6.45, 7) is 4.21. The second kappa shape index (κ2) is 12.9. The number of nitrogens with zero attached hydrogens (tertiary/aromatic N) is 2. The molecule has 2 aromatic rings. The van der Waals surface area contributed by atoms with Crippen LogP contribution in [0.5, 0.6) is 11.5 Å². The van der Waals surface area contributed by atoms with E-state index in [2.05, 4.69) is 4.90 Å². The summed E-state index contributed by atoms with van der Waals surface area (Å²) in [6, 6.07) is 9.88. The maximum absolute atomic E-state index is 14.1. The molecule has 3 aliphatic rings. The number of esters is 1. The van der Waals surface area contributed by atoms with Crippen LogP contribution in [0.1, 0.15) is 25.3 Å². The van der Waals surface area contributed by atoms with Crippen LogP contribution in [0.4, 0.5) is 23.2 Å². The summed E-state index contributed by atoms with van der Waals surface area (Å²) >= 11 is 6.16. The van der Waals surface area contributed by atoms with Gasteiger partial charge in [-0.05, 0) is 42.8 Å². The van der Waals surface area contributed by atoms with Crippen LogP contribution in [0.15, 0.2) is 36.4 Å². The van der Waals surface area contributed by atoms with Crippen LogP contribution in [0.25, 0.3) is 0 Å². The molecule has 2 fully saturated rings. The van der Waals surface area contributed by atoms with Crippen LogP contribution < -0.4 is 14.4 Å². The van der Waals surface area contributed by atoms with Gasteiger partial charge in [0.1, 0.15) is 22.9 Å². The van der Waals surface area contributed by atoms with Gasteiger partial charge in [0.25, 0.3) is 0 Å². The Bertz CT molecular complexity index is 1290. The first-order valence-corrected chi connectivity index (χ1v) is 13.7. The zero-order valence-electron chi connectivity index (χ0n) is 22.7. The van der Waals surface area contributed by atoms with Gasteiger partial charge in [-0.3, -0.25) is 4.90 Å². The number of hydrogen-bond donors (Lipinski definition) is 2. The van der Waals surface area contributed by atoms with Gasteiger partial charge >= 0.3 is 18.1 Å². The van der Waals surface area contributed by atoms with E-state index in [-0.39, 0.29) is 24.9 Å².